The molecule has 3 heterocycles. The predicted molar refractivity (Wildman–Crippen MR) is 134 cm³/mol. The summed E-state index contributed by atoms with van der Waals surface area (Å²) in [5.74, 6) is 1.06. The van der Waals surface area contributed by atoms with Crippen LogP contribution in [-0.4, -0.2) is 20.3 Å². The Kier molecular flexibility index (Phi) is 6.28. The minimum absolute atomic E-state index is 0.233. The Hall–Kier alpha value is -5.16. The van der Waals surface area contributed by atoms with Gasteiger partial charge in [-0.1, -0.05) is 12.1 Å². The lowest BCUT2D eigenvalue weighted by atomic mass is 10.1. The van der Waals surface area contributed by atoms with Crippen LogP contribution in [0.15, 0.2) is 91.4 Å². The number of rotatable bonds is 7. The Labute approximate surface area is 207 Å². The summed E-state index contributed by atoms with van der Waals surface area (Å²) < 4.78 is 13.6. The van der Waals surface area contributed by atoms with Gasteiger partial charge in [-0.2, -0.15) is 5.26 Å². The molecular formula is C28H21N5O3. The van der Waals surface area contributed by atoms with Gasteiger partial charge < -0.3 is 19.2 Å². The second kappa shape index (κ2) is 9.99. The first-order valence-electron chi connectivity index (χ1n) is 11.2. The van der Waals surface area contributed by atoms with Crippen LogP contribution in [0.3, 0.4) is 0 Å². The molecule has 2 aromatic carbocycles. The quantitative estimate of drug-likeness (QED) is 0.332. The number of pyridine rings is 2. The van der Waals surface area contributed by atoms with Crippen LogP contribution < -0.4 is 14.8 Å². The van der Waals surface area contributed by atoms with Crippen LogP contribution in [0, 0.1) is 18.3 Å². The zero-order chi connectivity index (χ0) is 24.9. The maximum atomic E-state index is 12.9. The van der Waals surface area contributed by atoms with Crippen molar-refractivity contribution in [3.63, 3.8) is 0 Å². The van der Waals surface area contributed by atoms with E-state index in [2.05, 4.69) is 21.4 Å². The van der Waals surface area contributed by atoms with Crippen LogP contribution in [0.2, 0.25) is 0 Å². The molecule has 0 unspecified atom stereocenters. The molecule has 0 saturated heterocycles. The van der Waals surface area contributed by atoms with Gasteiger partial charge in [0.2, 0.25) is 5.88 Å². The summed E-state index contributed by atoms with van der Waals surface area (Å²) in [6.07, 6.45) is 5.41. The van der Waals surface area contributed by atoms with Gasteiger partial charge in [0.05, 0.1) is 5.69 Å². The third-order valence-electron chi connectivity index (χ3n) is 5.45. The zero-order valence-electron chi connectivity index (χ0n) is 19.4. The third-order valence-corrected chi connectivity index (χ3v) is 5.45. The van der Waals surface area contributed by atoms with E-state index in [1.807, 2.05) is 41.9 Å². The summed E-state index contributed by atoms with van der Waals surface area (Å²) in [5.41, 5.74) is 3.90. The van der Waals surface area contributed by atoms with Crippen molar-refractivity contribution >= 4 is 17.2 Å². The minimum atomic E-state index is -0.263. The summed E-state index contributed by atoms with van der Waals surface area (Å²) in [4.78, 5) is 21.5. The molecule has 0 atom stereocenters. The van der Waals surface area contributed by atoms with Gasteiger partial charge in [-0.3, -0.25) is 4.79 Å². The fourth-order valence-electron chi connectivity index (χ4n) is 3.64. The van der Waals surface area contributed by atoms with E-state index in [-0.39, 0.29) is 18.4 Å². The molecule has 36 heavy (non-hydrogen) atoms. The van der Waals surface area contributed by atoms with E-state index in [0.29, 0.717) is 28.3 Å². The molecule has 3 aromatic heterocycles. The molecule has 176 valence electrons. The van der Waals surface area contributed by atoms with Crippen LogP contribution >= 0.6 is 0 Å². The minimum Gasteiger partial charge on any atom is -0.487 e. The van der Waals surface area contributed by atoms with Gasteiger partial charge in [-0.25, -0.2) is 9.97 Å². The van der Waals surface area contributed by atoms with Crippen molar-refractivity contribution in [2.24, 2.45) is 0 Å². The van der Waals surface area contributed by atoms with Crippen molar-refractivity contribution in [3.8, 4) is 23.4 Å². The Morgan fingerprint density at radius 2 is 1.97 bits per heavy atom. The summed E-state index contributed by atoms with van der Waals surface area (Å²) in [6.45, 7) is 2.15. The smallest absolute Gasteiger partial charge is 0.255 e. The summed E-state index contributed by atoms with van der Waals surface area (Å²) >= 11 is 0. The summed E-state index contributed by atoms with van der Waals surface area (Å²) in [7, 11) is 0. The number of carbonyl (C=O) groups excluding carboxylic acids is 1. The maximum absolute atomic E-state index is 12.9. The zero-order valence-corrected chi connectivity index (χ0v) is 19.4. The van der Waals surface area contributed by atoms with E-state index in [4.69, 9.17) is 9.47 Å². The van der Waals surface area contributed by atoms with E-state index in [1.54, 1.807) is 60.8 Å². The molecule has 0 radical (unpaired) electrons. The maximum Gasteiger partial charge on any atom is 0.255 e. The van der Waals surface area contributed by atoms with Gasteiger partial charge in [-0.05, 0) is 73.2 Å². The van der Waals surface area contributed by atoms with Gasteiger partial charge >= 0.3 is 0 Å². The number of aryl methyl sites for hydroxylation is 1. The van der Waals surface area contributed by atoms with E-state index in [0.717, 1.165) is 16.9 Å². The molecule has 0 aliphatic rings. The number of aromatic nitrogens is 3. The summed E-state index contributed by atoms with van der Waals surface area (Å²) in [6, 6.07) is 23.4. The number of nitrogens with zero attached hydrogens (tertiary/aromatic N) is 4. The Morgan fingerprint density at radius 1 is 1.06 bits per heavy atom. The first kappa shape index (κ1) is 22.6. The highest BCUT2D eigenvalue weighted by molar-refractivity contribution is 6.04. The van der Waals surface area contributed by atoms with E-state index >= 15 is 0 Å². The number of hydrogen-bond donors (Lipinski definition) is 1. The van der Waals surface area contributed by atoms with Crippen LogP contribution in [0.25, 0.3) is 5.65 Å². The molecule has 0 saturated carbocycles. The van der Waals surface area contributed by atoms with Gasteiger partial charge in [-0.15, -0.1) is 0 Å². The van der Waals surface area contributed by atoms with Gasteiger partial charge in [0, 0.05) is 29.8 Å². The van der Waals surface area contributed by atoms with Crippen molar-refractivity contribution in [1.82, 2.24) is 14.4 Å². The molecule has 5 rings (SSSR count). The molecule has 0 spiro atoms. The molecule has 8 heteroatoms. The van der Waals surface area contributed by atoms with Crippen LogP contribution in [0.5, 0.6) is 17.4 Å². The average Bonchev–Trinajstić information content (AvgIpc) is 3.33. The molecule has 8 nitrogen and oxygen atoms in total. The van der Waals surface area contributed by atoms with Gasteiger partial charge in [0.25, 0.3) is 5.91 Å². The molecule has 0 bridgehead atoms. The van der Waals surface area contributed by atoms with Crippen LogP contribution in [-0.2, 0) is 6.61 Å². The number of nitrogens with one attached hydrogen (secondary N) is 1. The number of carbonyl (C=O) groups is 1. The lowest BCUT2D eigenvalue weighted by Crippen LogP contribution is -2.13. The average molecular weight is 476 g/mol. The molecule has 1 N–H and O–H groups in total. The monoisotopic (exact) mass is 475 g/mol. The SMILES string of the molecule is Cc1cc(Oc2ncccc2C#N)ccc1NC(=O)c1cccc(OCc2cn3ccccc3n2)c1. The number of nitriles is 1. The van der Waals surface area contributed by atoms with E-state index < -0.39 is 0 Å². The first-order valence-corrected chi connectivity index (χ1v) is 11.2. The van der Waals surface area contributed by atoms with Gasteiger partial charge in [0.1, 0.15) is 35.4 Å². The number of amides is 1. The third kappa shape index (κ3) is 5.00. The second-order valence-corrected chi connectivity index (χ2v) is 8.02. The van der Waals surface area contributed by atoms with E-state index in [9.17, 15) is 10.1 Å². The highest BCUT2D eigenvalue weighted by atomic mass is 16.5. The van der Waals surface area contributed by atoms with Crippen molar-refractivity contribution in [2.45, 2.75) is 13.5 Å². The largest absolute Gasteiger partial charge is 0.487 e. The Morgan fingerprint density at radius 3 is 2.81 bits per heavy atom. The number of hydrogen-bond acceptors (Lipinski definition) is 6. The Balaban J connectivity index is 1.24. The molecule has 1 amide bonds. The molecule has 0 aliphatic heterocycles. The lowest BCUT2D eigenvalue weighted by Gasteiger charge is -2.12. The first-order chi connectivity index (χ1) is 17.6. The van der Waals surface area contributed by atoms with E-state index in [1.165, 1.54) is 0 Å². The van der Waals surface area contributed by atoms with Gasteiger partial charge in [0.15, 0.2) is 0 Å². The molecule has 0 fully saturated rings. The lowest BCUT2D eigenvalue weighted by molar-refractivity contribution is 0.102. The normalized spacial score (nSPS) is 10.6. The number of fused-ring (bicyclic) bond motifs is 1. The topological polar surface area (TPSA) is 102 Å². The number of imidazole rings is 1. The molecular weight excluding hydrogens is 454 g/mol. The number of anilines is 1. The van der Waals surface area contributed by atoms with Crippen LogP contribution in [0.4, 0.5) is 5.69 Å². The van der Waals surface area contributed by atoms with Crippen LogP contribution in [0.1, 0.15) is 27.2 Å². The van der Waals surface area contributed by atoms with Crippen molar-refractivity contribution in [3.05, 3.63) is 114 Å². The highest BCUT2D eigenvalue weighted by Crippen LogP contribution is 2.27. The fraction of sp³-hybridized carbons (Fsp3) is 0.0714. The second-order valence-electron chi connectivity index (χ2n) is 8.02. The number of ether oxygens (including phenoxy) is 2. The number of benzene rings is 2. The molecule has 0 aliphatic carbocycles. The molecule has 5 aromatic rings. The van der Waals surface area contributed by atoms with Crippen molar-refractivity contribution in [1.29, 1.82) is 5.26 Å². The highest BCUT2D eigenvalue weighted by Gasteiger charge is 2.12. The van der Waals surface area contributed by atoms with Crippen molar-refractivity contribution in [2.75, 3.05) is 5.32 Å². The standard InChI is InChI=1S/C28H21N5O3/c1-19-14-24(36-28-21(16-29)7-5-12-30-28)10-11-25(19)32-27(34)20-6-4-8-23(15-20)35-18-22-17-33-13-3-2-9-26(33)31-22/h2-15,17H,18H2,1H3,(H,32,34). The predicted octanol–water partition coefficient (Wildman–Crippen LogP) is 5.53. The van der Waals surface area contributed by atoms with Crippen molar-refractivity contribution < 1.29 is 14.3 Å². The fourth-order valence-corrected chi connectivity index (χ4v) is 3.64. The Bertz CT molecular complexity index is 1570. The summed E-state index contributed by atoms with van der Waals surface area (Å²) in [5, 5.41) is 12.1.